The zero-order valence-corrected chi connectivity index (χ0v) is 11.5. The van der Waals surface area contributed by atoms with Crippen molar-refractivity contribution >= 4 is 23.4 Å². The molecule has 0 fully saturated rings. The molecule has 1 heterocycles. The minimum Gasteiger partial charge on any atom is -0.489 e. The highest BCUT2D eigenvalue weighted by molar-refractivity contribution is 6.34. The molecule has 2 rings (SSSR count). The first-order chi connectivity index (χ1) is 8.38. The quantitative estimate of drug-likeness (QED) is 0.724. The molecule has 0 saturated carbocycles. The molecule has 1 aromatic carbocycles. The highest BCUT2D eigenvalue weighted by atomic mass is 35.5. The van der Waals surface area contributed by atoms with Gasteiger partial charge < -0.3 is 9.47 Å². The first kappa shape index (κ1) is 13.0. The second-order valence-corrected chi connectivity index (χ2v) is 5.47. The fraction of sp³-hybridized carbons (Fsp3) is 0.462. The molecule has 98 valence electrons. The van der Waals surface area contributed by atoms with Gasteiger partial charge in [0.05, 0.1) is 11.6 Å². The second kappa shape index (κ2) is 4.69. The zero-order chi connectivity index (χ0) is 13.3. The van der Waals surface area contributed by atoms with E-state index in [2.05, 4.69) is 0 Å². The van der Waals surface area contributed by atoms with Crippen molar-refractivity contribution < 1.29 is 14.3 Å². The van der Waals surface area contributed by atoms with Crippen LogP contribution in [0.2, 0.25) is 5.02 Å². The highest BCUT2D eigenvalue weighted by Crippen LogP contribution is 2.38. The van der Waals surface area contributed by atoms with E-state index in [1.165, 1.54) is 4.90 Å². The minimum atomic E-state index is -0.531. The van der Waals surface area contributed by atoms with Crippen LogP contribution in [0.15, 0.2) is 18.2 Å². The van der Waals surface area contributed by atoms with Gasteiger partial charge in [-0.05, 0) is 32.9 Å². The van der Waals surface area contributed by atoms with Crippen LogP contribution >= 0.6 is 11.6 Å². The number of benzene rings is 1. The lowest BCUT2D eigenvalue weighted by molar-refractivity contribution is 0.0568. The molecule has 0 unspecified atom stereocenters. The second-order valence-electron chi connectivity index (χ2n) is 5.07. The van der Waals surface area contributed by atoms with E-state index < -0.39 is 11.7 Å². The summed E-state index contributed by atoms with van der Waals surface area (Å²) in [5.74, 6) is 0.611. The van der Waals surface area contributed by atoms with E-state index in [-0.39, 0.29) is 0 Å². The Labute approximate surface area is 111 Å². The van der Waals surface area contributed by atoms with Crippen molar-refractivity contribution in [3.8, 4) is 5.75 Å². The molecule has 0 aliphatic carbocycles. The Morgan fingerprint density at radius 3 is 2.83 bits per heavy atom. The summed E-state index contributed by atoms with van der Waals surface area (Å²) >= 11 is 6.12. The van der Waals surface area contributed by atoms with Crippen molar-refractivity contribution in [3.63, 3.8) is 0 Å². The largest absolute Gasteiger partial charge is 0.489 e. The molecule has 4 nitrogen and oxygen atoms in total. The van der Waals surface area contributed by atoms with Gasteiger partial charge in [0.2, 0.25) is 0 Å². The van der Waals surface area contributed by atoms with Gasteiger partial charge in [0, 0.05) is 0 Å². The van der Waals surface area contributed by atoms with Crippen LogP contribution in [-0.2, 0) is 4.74 Å². The van der Waals surface area contributed by atoms with Crippen molar-refractivity contribution in [1.82, 2.24) is 0 Å². The van der Waals surface area contributed by atoms with Gasteiger partial charge in [-0.1, -0.05) is 17.7 Å². The number of hydrogen-bond acceptors (Lipinski definition) is 3. The molecule has 1 aliphatic heterocycles. The molecule has 1 aliphatic rings. The van der Waals surface area contributed by atoms with Crippen LogP contribution in [-0.4, -0.2) is 24.8 Å². The van der Waals surface area contributed by atoms with E-state index in [0.29, 0.717) is 29.6 Å². The fourth-order valence-corrected chi connectivity index (χ4v) is 2.00. The van der Waals surface area contributed by atoms with Crippen molar-refractivity contribution in [3.05, 3.63) is 23.2 Å². The average molecular weight is 270 g/mol. The Morgan fingerprint density at radius 2 is 2.17 bits per heavy atom. The maximum atomic E-state index is 12.1. The predicted molar refractivity (Wildman–Crippen MR) is 70.5 cm³/mol. The number of hydrogen-bond donors (Lipinski definition) is 0. The lowest BCUT2D eigenvalue weighted by atomic mass is 10.2. The summed E-state index contributed by atoms with van der Waals surface area (Å²) < 4.78 is 10.8. The van der Waals surface area contributed by atoms with Gasteiger partial charge in [-0.2, -0.15) is 0 Å². The van der Waals surface area contributed by atoms with Gasteiger partial charge in [0.25, 0.3) is 0 Å². The maximum absolute atomic E-state index is 12.1. The van der Waals surface area contributed by atoms with Crippen LogP contribution in [0.5, 0.6) is 5.75 Å². The summed E-state index contributed by atoms with van der Waals surface area (Å²) in [6.45, 7) is 6.37. The van der Waals surface area contributed by atoms with E-state index in [1.807, 2.05) is 20.8 Å². The van der Waals surface area contributed by atoms with Gasteiger partial charge >= 0.3 is 6.09 Å². The van der Waals surface area contributed by atoms with Crippen LogP contribution < -0.4 is 9.64 Å². The van der Waals surface area contributed by atoms with Crippen LogP contribution in [0.25, 0.3) is 0 Å². The molecule has 0 aromatic heterocycles. The summed E-state index contributed by atoms with van der Waals surface area (Å²) in [7, 11) is 0. The third kappa shape index (κ3) is 2.70. The van der Waals surface area contributed by atoms with Gasteiger partial charge in [0.1, 0.15) is 23.6 Å². The third-order valence-corrected chi connectivity index (χ3v) is 2.71. The van der Waals surface area contributed by atoms with Gasteiger partial charge in [-0.15, -0.1) is 0 Å². The van der Waals surface area contributed by atoms with E-state index in [9.17, 15) is 4.79 Å². The van der Waals surface area contributed by atoms with Crippen molar-refractivity contribution in [1.29, 1.82) is 0 Å². The number of carbonyl (C=O) groups is 1. The zero-order valence-electron chi connectivity index (χ0n) is 10.7. The first-order valence-electron chi connectivity index (χ1n) is 5.80. The standard InChI is InChI=1S/C13H16ClNO3/c1-13(2,3)18-12(16)15-7-8-17-10-6-4-5-9(14)11(10)15/h4-6H,7-8H2,1-3H3. The molecule has 0 radical (unpaired) electrons. The Hall–Kier alpha value is -1.42. The van der Waals surface area contributed by atoms with E-state index in [4.69, 9.17) is 21.1 Å². The van der Waals surface area contributed by atoms with Gasteiger partial charge in [0.15, 0.2) is 0 Å². The Bertz CT molecular complexity index is 468. The Balaban J connectivity index is 2.30. The van der Waals surface area contributed by atoms with Crippen molar-refractivity contribution in [2.75, 3.05) is 18.1 Å². The molecule has 18 heavy (non-hydrogen) atoms. The Morgan fingerprint density at radius 1 is 1.44 bits per heavy atom. The molecule has 0 saturated heterocycles. The third-order valence-electron chi connectivity index (χ3n) is 2.41. The van der Waals surface area contributed by atoms with Crippen LogP contribution in [0, 0.1) is 0 Å². The number of fused-ring (bicyclic) bond motifs is 1. The summed E-state index contributed by atoms with van der Waals surface area (Å²) in [6.07, 6.45) is -0.403. The van der Waals surface area contributed by atoms with Gasteiger partial charge in [-0.25, -0.2) is 4.79 Å². The molecule has 1 amide bonds. The average Bonchev–Trinajstić information content (AvgIpc) is 2.26. The van der Waals surface area contributed by atoms with Crippen LogP contribution in [0.1, 0.15) is 20.8 Å². The SMILES string of the molecule is CC(C)(C)OC(=O)N1CCOc2cccc(Cl)c21. The number of para-hydroxylation sites is 1. The number of halogens is 1. The normalized spacial score (nSPS) is 14.8. The molecule has 0 spiro atoms. The number of ether oxygens (including phenoxy) is 2. The first-order valence-corrected chi connectivity index (χ1v) is 6.18. The predicted octanol–water partition coefficient (Wildman–Crippen LogP) is 3.47. The molecule has 0 N–H and O–H groups in total. The summed E-state index contributed by atoms with van der Waals surface area (Å²) in [5, 5.41) is 0.484. The molecule has 5 heteroatoms. The number of anilines is 1. The minimum absolute atomic E-state index is 0.403. The molecule has 0 bridgehead atoms. The number of rotatable bonds is 0. The summed E-state index contributed by atoms with van der Waals surface area (Å²) in [6, 6.07) is 5.31. The number of carbonyl (C=O) groups excluding carboxylic acids is 1. The maximum Gasteiger partial charge on any atom is 0.415 e. The van der Waals surface area contributed by atoms with E-state index in [0.717, 1.165) is 0 Å². The summed E-state index contributed by atoms with van der Waals surface area (Å²) in [5.41, 5.74) is 0.0521. The van der Waals surface area contributed by atoms with E-state index in [1.54, 1.807) is 18.2 Å². The smallest absolute Gasteiger partial charge is 0.415 e. The lowest BCUT2D eigenvalue weighted by Crippen LogP contribution is -2.41. The van der Waals surface area contributed by atoms with Crippen LogP contribution in [0.3, 0.4) is 0 Å². The Kier molecular flexibility index (Phi) is 3.39. The fourth-order valence-electron chi connectivity index (χ4n) is 1.73. The lowest BCUT2D eigenvalue weighted by Gasteiger charge is -2.32. The van der Waals surface area contributed by atoms with Crippen molar-refractivity contribution in [2.45, 2.75) is 26.4 Å². The molecular formula is C13H16ClNO3. The summed E-state index contributed by atoms with van der Waals surface area (Å²) in [4.78, 5) is 13.6. The van der Waals surface area contributed by atoms with Crippen molar-refractivity contribution in [2.24, 2.45) is 0 Å². The highest BCUT2D eigenvalue weighted by Gasteiger charge is 2.29. The van der Waals surface area contributed by atoms with Crippen LogP contribution in [0.4, 0.5) is 10.5 Å². The number of amides is 1. The van der Waals surface area contributed by atoms with Gasteiger partial charge in [-0.3, -0.25) is 4.90 Å². The monoisotopic (exact) mass is 269 g/mol. The molecule has 0 atom stereocenters. The topological polar surface area (TPSA) is 38.8 Å². The molecular weight excluding hydrogens is 254 g/mol. The molecule has 1 aromatic rings. The number of nitrogens with zero attached hydrogens (tertiary/aromatic N) is 1. The van der Waals surface area contributed by atoms with E-state index >= 15 is 0 Å².